The average Bonchev–Trinajstić information content (AvgIpc) is 3.31. The number of benzene rings is 1. The zero-order valence-electron chi connectivity index (χ0n) is 11.9. The van der Waals surface area contributed by atoms with Crippen LogP contribution in [0.5, 0.6) is 0 Å². The zero-order valence-corrected chi connectivity index (χ0v) is 11.9. The molecule has 6 nitrogen and oxygen atoms in total. The van der Waals surface area contributed by atoms with Crippen molar-refractivity contribution in [3.05, 3.63) is 18.2 Å². The van der Waals surface area contributed by atoms with Crippen molar-refractivity contribution >= 4 is 28.3 Å². The van der Waals surface area contributed by atoms with Gasteiger partial charge in [0.2, 0.25) is 5.91 Å². The van der Waals surface area contributed by atoms with Crippen molar-refractivity contribution in [1.29, 1.82) is 0 Å². The molecule has 21 heavy (non-hydrogen) atoms. The Morgan fingerprint density at radius 3 is 2.86 bits per heavy atom. The molecular formula is C15H19N5O. The van der Waals surface area contributed by atoms with E-state index in [4.69, 9.17) is 0 Å². The summed E-state index contributed by atoms with van der Waals surface area (Å²) in [4.78, 5) is 14.2. The molecule has 2 aliphatic rings. The lowest BCUT2D eigenvalue weighted by molar-refractivity contribution is -0.117. The summed E-state index contributed by atoms with van der Waals surface area (Å²) in [7, 11) is 0. The van der Waals surface area contributed by atoms with Crippen molar-refractivity contribution in [2.24, 2.45) is 5.92 Å². The molecule has 6 heteroatoms. The molecular weight excluding hydrogens is 266 g/mol. The Hall–Kier alpha value is -2.08. The first-order valence-electron chi connectivity index (χ1n) is 7.56. The number of amides is 1. The number of aromatic amines is 1. The predicted molar refractivity (Wildman–Crippen MR) is 82.5 cm³/mol. The van der Waals surface area contributed by atoms with Gasteiger partial charge < -0.3 is 15.5 Å². The summed E-state index contributed by atoms with van der Waals surface area (Å²) in [6.45, 7) is 4.07. The molecule has 0 spiro atoms. The van der Waals surface area contributed by atoms with Gasteiger partial charge in [0.25, 0.3) is 0 Å². The molecule has 2 aromatic rings. The van der Waals surface area contributed by atoms with Gasteiger partial charge in [-0.15, -0.1) is 0 Å². The maximum absolute atomic E-state index is 11.9. The minimum Gasteiger partial charge on any atom is -0.369 e. The summed E-state index contributed by atoms with van der Waals surface area (Å²) in [5, 5.41) is 14.5. The summed E-state index contributed by atoms with van der Waals surface area (Å²) >= 11 is 0. The molecule has 0 atom stereocenters. The van der Waals surface area contributed by atoms with Gasteiger partial charge in [0, 0.05) is 43.2 Å². The molecule has 1 aromatic carbocycles. The van der Waals surface area contributed by atoms with Gasteiger partial charge in [-0.25, -0.2) is 0 Å². The van der Waals surface area contributed by atoms with E-state index >= 15 is 0 Å². The largest absolute Gasteiger partial charge is 0.369 e. The number of hydrogen-bond donors (Lipinski definition) is 3. The van der Waals surface area contributed by atoms with Gasteiger partial charge in [0.1, 0.15) is 0 Å². The van der Waals surface area contributed by atoms with E-state index in [9.17, 15) is 4.79 Å². The van der Waals surface area contributed by atoms with E-state index in [1.807, 2.05) is 6.07 Å². The van der Waals surface area contributed by atoms with Crippen LogP contribution in [0.25, 0.3) is 10.9 Å². The van der Waals surface area contributed by atoms with Crippen molar-refractivity contribution in [2.45, 2.75) is 12.8 Å². The summed E-state index contributed by atoms with van der Waals surface area (Å²) in [5.41, 5.74) is 2.17. The van der Waals surface area contributed by atoms with E-state index in [1.165, 1.54) is 5.69 Å². The van der Waals surface area contributed by atoms with E-state index in [1.54, 1.807) is 0 Å². The van der Waals surface area contributed by atoms with Gasteiger partial charge in [0.15, 0.2) is 5.82 Å². The summed E-state index contributed by atoms with van der Waals surface area (Å²) < 4.78 is 0. The van der Waals surface area contributed by atoms with Crippen molar-refractivity contribution in [1.82, 2.24) is 15.5 Å². The Morgan fingerprint density at radius 2 is 2.10 bits per heavy atom. The number of aromatic nitrogens is 2. The number of nitrogens with zero attached hydrogens (tertiary/aromatic N) is 2. The highest BCUT2D eigenvalue weighted by Gasteiger charge is 2.30. The number of carbonyl (C=O) groups is 1. The molecule has 1 amide bonds. The number of carbonyl (C=O) groups excluding carboxylic acids is 1. The van der Waals surface area contributed by atoms with Crippen molar-refractivity contribution in [3.63, 3.8) is 0 Å². The lowest BCUT2D eigenvalue weighted by atomic mass is 10.2. The molecule has 0 bridgehead atoms. The van der Waals surface area contributed by atoms with Crippen LogP contribution >= 0.6 is 0 Å². The molecule has 0 unspecified atom stereocenters. The third-order valence-corrected chi connectivity index (χ3v) is 4.22. The van der Waals surface area contributed by atoms with Crippen LogP contribution in [0, 0.1) is 5.92 Å². The van der Waals surface area contributed by atoms with Crippen LogP contribution in [0.1, 0.15) is 12.8 Å². The number of nitrogens with one attached hydrogen (secondary N) is 3. The van der Waals surface area contributed by atoms with Crippen LogP contribution < -0.4 is 15.5 Å². The fourth-order valence-electron chi connectivity index (χ4n) is 2.79. The highest BCUT2D eigenvalue weighted by molar-refractivity contribution is 6.01. The lowest BCUT2D eigenvalue weighted by Gasteiger charge is -2.29. The molecule has 1 saturated heterocycles. The van der Waals surface area contributed by atoms with Crippen LogP contribution in [0.15, 0.2) is 18.2 Å². The summed E-state index contributed by atoms with van der Waals surface area (Å²) in [6, 6.07) is 6.26. The minimum atomic E-state index is 0.0922. The van der Waals surface area contributed by atoms with Crippen LogP contribution in [0.3, 0.4) is 0 Å². The number of hydrogen-bond acceptors (Lipinski definition) is 4. The first-order valence-corrected chi connectivity index (χ1v) is 7.56. The first kappa shape index (κ1) is 12.6. The van der Waals surface area contributed by atoms with Crippen molar-refractivity contribution in [2.75, 3.05) is 36.4 Å². The standard InChI is InChI=1S/C15H19N5O/c21-15(10-1-2-10)17-14-12-4-3-11(9-13(12)18-19-14)20-7-5-16-6-8-20/h3-4,9-10,16H,1-2,5-8H2,(H2,17,18,19,21). The molecule has 0 radical (unpaired) electrons. The van der Waals surface area contributed by atoms with Crippen LogP contribution in [0.4, 0.5) is 11.5 Å². The topological polar surface area (TPSA) is 73.0 Å². The zero-order chi connectivity index (χ0) is 14.2. The number of anilines is 2. The van der Waals surface area contributed by atoms with E-state index in [-0.39, 0.29) is 11.8 Å². The average molecular weight is 285 g/mol. The number of piperazine rings is 1. The fraction of sp³-hybridized carbons (Fsp3) is 0.467. The SMILES string of the molecule is O=C(Nc1n[nH]c2cc(N3CCNCC3)ccc12)C1CC1. The number of H-pyrrole nitrogens is 1. The monoisotopic (exact) mass is 285 g/mol. The molecule has 1 aromatic heterocycles. The highest BCUT2D eigenvalue weighted by Crippen LogP contribution is 2.31. The second kappa shape index (κ2) is 5.04. The Labute approximate surface area is 122 Å². The van der Waals surface area contributed by atoms with E-state index < -0.39 is 0 Å². The van der Waals surface area contributed by atoms with Crippen LogP contribution in [-0.2, 0) is 4.79 Å². The quantitative estimate of drug-likeness (QED) is 0.795. The predicted octanol–water partition coefficient (Wildman–Crippen LogP) is 1.32. The molecule has 2 heterocycles. The lowest BCUT2D eigenvalue weighted by Crippen LogP contribution is -2.43. The number of rotatable bonds is 3. The minimum absolute atomic E-state index is 0.0922. The Balaban J connectivity index is 1.59. The Bertz CT molecular complexity index is 670. The molecule has 1 saturated carbocycles. The molecule has 1 aliphatic carbocycles. The Kier molecular flexibility index (Phi) is 3.03. The van der Waals surface area contributed by atoms with Gasteiger partial charge in [-0.3, -0.25) is 9.89 Å². The maximum Gasteiger partial charge on any atom is 0.228 e. The second-order valence-corrected chi connectivity index (χ2v) is 5.80. The fourth-order valence-corrected chi connectivity index (χ4v) is 2.79. The second-order valence-electron chi connectivity index (χ2n) is 5.80. The van der Waals surface area contributed by atoms with E-state index in [2.05, 4.69) is 37.9 Å². The highest BCUT2D eigenvalue weighted by atomic mass is 16.2. The van der Waals surface area contributed by atoms with Gasteiger partial charge in [-0.2, -0.15) is 5.10 Å². The normalized spacial score (nSPS) is 19.0. The summed E-state index contributed by atoms with van der Waals surface area (Å²) in [6.07, 6.45) is 2.00. The van der Waals surface area contributed by atoms with Crippen LogP contribution in [-0.4, -0.2) is 42.3 Å². The van der Waals surface area contributed by atoms with Crippen molar-refractivity contribution in [3.8, 4) is 0 Å². The van der Waals surface area contributed by atoms with Gasteiger partial charge >= 0.3 is 0 Å². The number of fused-ring (bicyclic) bond motifs is 1. The molecule has 1 aliphatic heterocycles. The van der Waals surface area contributed by atoms with Gasteiger partial charge in [0.05, 0.1) is 5.52 Å². The van der Waals surface area contributed by atoms with Crippen molar-refractivity contribution < 1.29 is 4.79 Å². The van der Waals surface area contributed by atoms with E-state index in [0.717, 1.165) is 49.9 Å². The molecule has 2 fully saturated rings. The maximum atomic E-state index is 11.9. The third-order valence-electron chi connectivity index (χ3n) is 4.22. The Morgan fingerprint density at radius 1 is 1.29 bits per heavy atom. The van der Waals surface area contributed by atoms with Crippen LogP contribution in [0.2, 0.25) is 0 Å². The summed E-state index contributed by atoms with van der Waals surface area (Å²) in [5.74, 6) is 0.931. The molecule has 3 N–H and O–H groups in total. The van der Waals surface area contributed by atoms with E-state index in [0.29, 0.717) is 5.82 Å². The van der Waals surface area contributed by atoms with Gasteiger partial charge in [-0.1, -0.05) is 0 Å². The smallest absolute Gasteiger partial charge is 0.228 e. The molecule has 110 valence electrons. The molecule has 4 rings (SSSR count). The van der Waals surface area contributed by atoms with Gasteiger partial charge in [-0.05, 0) is 31.0 Å². The first-order chi connectivity index (χ1) is 10.3. The third kappa shape index (κ3) is 2.47.